The second kappa shape index (κ2) is 8.53. The Morgan fingerprint density at radius 3 is 2.38 bits per heavy atom. The monoisotopic (exact) mass is 324 g/mol. The van der Waals surface area contributed by atoms with Crippen LogP contribution in [-0.4, -0.2) is 18.5 Å². The highest BCUT2D eigenvalue weighted by Crippen LogP contribution is 2.11. The van der Waals surface area contributed by atoms with Gasteiger partial charge in [0, 0.05) is 17.5 Å². The van der Waals surface area contributed by atoms with Crippen molar-refractivity contribution >= 4 is 29.3 Å². The Morgan fingerprint density at radius 2 is 1.75 bits per heavy atom. The Morgan fingerprint density at radius 1 is 1.08 bits per heavy atom. The van der Waals surface area contributed by atoms with Crippen LogP contribution in [-0.2, 0) is 9.53 Å². The first-order valence-electron chi connectivity index (χ1n) is 7.70. The Hall–Kier alpha value is -3.08. The molecule has 2 aromatic rings. The SMILES string of the molecule is CCCOC(=O)c1ccc(NC(=O)/C=C/c2ccc(N)cc2)cc1. The highest BCUT2D eigenvalue weighted by molar-refractivity contribution is 6.02. The van der Waals surface area contributed by atoms with Gasteiger partial charge in [-0.25, -0.2) is 4.79 Å². The summed E-state index contributed by atoms with van der Waals surface area (Å²) in [5, 5.41) is 2.73. The van der Waals surface area contributed by atoms with Crippen LogP contribution in [0.5, 0.6) is 0 Å². The van der Waals surface area contributed by atoms with Gasteiger partial charge in [-0.3, -0.25) is 4.79 Å². The van der Waals surface area contributed by atoms with E-state index in [0.717, 1.165) is 12.0 Å². The molecule has 0 saturated heterocycles. The van der Waals surface area contributed by atoms with E-state index in [1.165, 1.54) is 6.08 Å². The second-order valence-corrected chi connectivity index (χ2v) is 5.20. The normalized spacial score (nSPS) is 10.5. The van der Waals surface area contributed by atoms with Gasteiger partial charge < -0.3 is 15.8 Å². The first-order chi connectivity index (χ1) is 11.6. The summed E-state index contributed by atoms with van der Waals surface area (Å²) < 4.78 is 5.05. The number of ether oxygens (including phenoxy) is 1. The van der Waals surface area contributed by atoms with Gasteiger partial charge in [-0.15, -0.1) is 0 Å². The van der Waals surface area contributed by atoms with E-state index in [9.17, 15) is 9.59 Å². The van der Waals surface area contributed by atoms with Crippen LogP contribution in [0.2, 0.25) is 0 Å². The fourth-order valence-corrected chi connectivity index (χ4v) is 1.93. The molecule has 0 aromatic heterocycles. The van der Waals surface area contributed by atoms with Gasteiger partial charge in [0.2, 0.25) is 5.91 Å². The van der Waals surface area contributed by atoms with Crippen LogP contribution in [0.1, 0.15) is 29.3 Å². The van der Waals surface area contributed by atoms with Crippen molar-refractivity contribution in [2.75, 3.05) is 17.7 Å². The number of hydrogen-bond acceptors (Lipinski definition) is 4. The molecule has 24 heavy (non-hydrogen) atoms. The predicted molar refractivity (Wildman–Crippen MR) is 95.5 cm³/mol. The van der Waals surface area contributed by atoms with E-state index in [0.29, 0.717) is 23.5 Å². The molecular formula is C19H20N2O3. The molecule has 0 unspecified atom stereocenters. The zero-order valence-corrected chi connectivity index (χ0v) is 13.5. The number of nitrogen functional groups attached to an aromatic ring is 1. The predicted octanol–water partition coefficient (Wildman–Crippen LogP) is 3.49. The second-order valence-electron chi connectivity index (χ2n) is 5.20. The van der Waals surface area contributed by atoms with Gasteiger partial charge in [-0.1, -0.05) is 19.1 Å². The number of carbonyl (C=O) groups is 2. The molecule has 1 amide bonds. The molecule has 0 bridgehead atoms. The van der Waals surface area contributed by atoms with Gasteiger partial charge in [0.15, 0.2) is 0 Å². The molecule has 5 heteroatoms. The van der Waals surface area contributed by atoms with Crippen molar-refractivity contribution in [3.63, 3.8) is 0 Å². The van der Waals surface area contributed by atoms with Crippen LogP contribution in [0.15, 0.2) is 54.6 Å². The highest BCUT2D eigenvalue weighted by atomic mass is 16.5. The van der Waals surface area contributed by atoms with Gasteiger partial charge >= 0.3 is 5.97 Å². The van der Waals surface area contributed by atoms with E-state index >= 15 is 0 Å². The number of rotatable bonds is 6. The van der Waals surface area contributed by atoms with E-state index in [2.05, 4.69) is 5.32 Å². The number of hydrogen-bond donors (Lipinski definition) is 2. The first kappa shape index (κ1) is 17.3. The molecule has 0 aliphatic heterocycles. The summed E-state index contributed by atoms with van der Waals surface area (Å²) in [4.78, 5) is 23.6. The average Bonchev–Trinajstić information content (AvgIpc) is 2.60. The van der Waals surface area contributed by atoms with Crippen LogP contribution in [0.4, 0.5) is 11.4 Å². The molecular weight excluding hydrogens is 304 g/mol. The molecule has 5 nitrogen and oxygen atoms in total. The van der Waals surface area contributed by atoms with E-state index in [1.807, 2.05) is 19.1 Å². The maximum atomic E-state index is 11.9. The molecule has 0 radical (unpaired) electrons. The fraction of sp³-hybridized carbons (Fsp3) is 0.158. The minimum absolute atomic E-state index is 0.256. The molecule has 124 valence electrons. The van der Waals surface area contributed by atoms with Gasteiger partial charge in [0.1, 0.15) is 0 Å². The topological polar surface area (TPSA) is 81.4 Å². The Labute approximate surface area is 141 Å². The summed E-state index contributed by atoms with van der Waals surface area (Å²) >= 11 is 0. The smallest absolute Gasteiger partial charge is 0.338 e. The van der Waals surface area contributed by atoms with Crippen molar-refractivity contribution in [3.8, 4) is 0 Å². The van der Waals surface area contributed by atoms with Crippen LogP contribution in [0.3, 0.4) is 0 Å². The molecule has 2 rings (SSSR count). The standard InChI is InChI=1S/C19H20N2O3/c1-2-13-24-19(23)15-6-10-17(11-7-15)21-18(22)12-5-14-3-8-16(20)9-4-14/h3-12H,2,13,20H2,1H3,(H,21,22)/b12-5+. The third-order valence-corrected chi connectivity index (χ3v) is 3.19. The molecule has 0 saturated carbocycles. The average molecular weight is 324 g/mol. The molecule has 3 N–H and O–H groups in total. The van der Waals surface area contributed by atoms with E-state index in [4.69, 9.17) is 10.5 Å². The number of carbonyl (C=O) groups excluding carboxylic acids is 2. The van der Waals surface area contributed by atoms with E-state index < -0.39 is 0 Å². The van der Waals surface area contributed by atoms with Crippen LogP contribution >= 0.6 is 0 Å². The summed E-state index contributed by atoms with van der Waals surface area (Å²) in [5.74, 6) is -0.619. The zero-order chi connectivity index (χ0) is 17.4. The van der Waals surface area contributed by atoms with E-state index in [1.54, 1.807) is 42.5 Å². The Kier molecular flexibility index (Phi) is 6.14. The number of anilines is 2. The van der Waals surface area contributed by atoms with Gasteiger partial charge in [-0.05, 0) is 54.5 Å². The minimum Gasteiger partial charge on any atom is -0.462 e. The van der Waals surface area contributed by atoms with Crippen molar-refractivity contribution in [3.05, 3.63) is 65.7 Å². The maximum absolute atomic E-state index is 11.9. The van der Waals surface area contributed by atoms with Crippen LogP contribution in [0.25, 0.3) is 6.08 Å². The third kappa shape index (κ3) is 5.28. The van der Waals surface area contributed by atoms with Crippen molar-refractivity contribution in [1.82, 2.24) is 0 Å². The van der Waals surface area contributed by atoms with Crippen molar-refractivity contribution in [2.45, 2.75) is 13.3 Å². The molecule has 0 spiro atoms. The molecule has 0 aliphatic carbocycles. The van der Waals surface area contributed by atoms with Crippen LogP contribution < -0.4 is 11.1 Å². The number of esters is 1. The summed E-state index contributed by atoms with van der Waals surface area (Å²) in [6.07, 6.45) is 3.92. The molecule has 0 aliphatic rings. The van der Waals surface area contributed by atoms with Gasteiger partial charge in [0.05, 0.1) is 12.2 Å². The molecule has 0 fully saturated rings. The number of amides is 1. The number of benzene rings is 2. The zero-order valence-electron chi connectivity index (χ0n) is 13.5. The fourth-order valence-electron chi connectivity index (χ4n) is 1.93. The summed E-state index contributed by atoms with van der Waals surface area (Å²) in [6.45, 7) is 2.33. The van der Waals surface area contributed by atoms with E-state index in [-0.39, 0.29) is 11.9 Å². The third-order valence-electron chi connectivity index (χ3n) is 3.19. The van der Waals surface area contributed by atoms with Crippen LogP contribution in [0, 0.1) is 0 Å². The Balaban J connectivity index is 1.92. The lowest BCUT2D eigenvalue weighted by Crippen LogP contribution is -2.09. The van der Waals surface area contributed by atoms with Crippen molar-refractivity contribution < 1.29 is 14.3 Å². The molecule has 2 aromatic carbocycles. The van der Waals surface area contributed by atoms with Gasteiger partial charge in [0.25, 0.3) is 0 Å². The number of nitrogens with two attached hydrogens (primary N) is 1. The van der Waals surface area contributed by atoms with Crippen molar-refractivity contribution in [1.29, 1.82) is 0 Å². The summed E-state index contributed by atoms with van der Waals surface area (Å²) in [6, 6.07) is 13.8. The maximum Gasteiger partial charge on any atom is 0.338 e. The lowest BCUT2D eigenvalue weighted by molar-refractivity contribution is -0.111. The summed E-state index contributed by atoms with van der Waals surface area (Å²) in [7, 11) is 0. The Bertz CT molecular complexity index is 719. The first-order valence-corrected chi connectivity index (χ1v) is 7.70. The van der Waals surface area contributed by atoms with Gasteiger partial charge in [-0.2, -0.15) is 0 Å². The lowest BCUT2D eigenvalue weighted by Gasteiger charge is -2.05. The molecule has 0 atom stereocenters. The summed E-state index contributed by atoms with van der Waals surface area (Å²) in [5.41, 5.74) is 8.23. The minimum atomic E-state index is -0.363. The number of nitrogens with one attached hydrogen (secondary N) is 1. The lowest BCUT2D eigenvalue weighted by atomic mass is 10.2. The largest absolute Gasteiger partial charge is 0.462 e. The highest BCUT2D eigenvalue weighted by Gasteiger charge is 2.06. The quantitative estimate of drug-likeness (QED) is 0.484. The van der Waals surface area contributed by atoms with Crippen molar-refractivity contribution in [2.24, 2.45) is 0 Å². The molecule has 0 heterocycles.